The lowest BCUT2D eigenvalue weighted by molar-refractivity contribution is 0.315. The van der Waals surface area contributed by atoms with E-state index in [2.05, 4.69) is 24.5 Å². The van der Waals surface area contributed by atoms with Crippen LogP contribution in [0, 0.1) is 11.8 Å². The first kappa shape index (κ1) is 10.8. The van der Waals surface area contributed by atoms with Crippen LogP contribution in [0.3, 0.4) is 0 Å². The Hall–Kier alpha value is -0.310. The van der Waals surface area contributed by atoms with Crippen LogP contribution < -0.4 is 10.6 Å². The molecular formula is C10H20N2S. The zero-order chi connectivity index (χ0) is 9.68. The summed E-state index contributed by atoms with van der Waals surface area (Å²) in [4.78, 5) is 0. The van der Waals surface area contributed by atoms with Crippen molar-refractivity contribution in [3.8, 4) is 0 Å². The summed E-state index contributed by atoms with van der Waals surface area (Å²) < 4.78 is 0. The fourth-order valence-electron chi connectivity index (χ4n) is 1.29. The third-order valence-corrected chi connectivity index (χ3v) is 2.74. The summed E-state index contributed by atoms with van der Waals surface area (Å²) >= 11 is 5.14. The lowest BCUT2D eigenvalue weighted by Crippen LogP contribution is -2.40. The minimum absolute atomic E-state index is 0.656. The first-order valence-corrected chi connectivity index (χ1v) is 5.61. The van der Waals surface area contributed by atoms with Crippen LogP contribution in [0.5, 0.6) is 0 Å². The van der Waals surface area contributed by atoms with E-state index in [9.17, 15) is 0 Å². The van der Waals surface area contributed by atoms with Crippen molar-refractivity contribution in [2.45, 2.75) is 33.1 Å². The summed E-state index contributed by atoms with van der Waals surface area (Å²) in [6, 6.07) is 0. The van der Waals surface area contributed by atoms with Crippen LogP contribution in [0.25, 0.3) is 0 Å². The molecule has 0 atom stereocenters. The van der Waals surface area contributed by atoms with Gasteiger partial charge in [-0.05, 0) is 36.9 Å². The van der Waals surface area contributed by atoms with Crippen LogP contribution in [0.15, 0.2) is 0 Å². The fraction of sp³-hybridized carbons (Fsp3) is 0.900. The Balaban J connectivity index is 1.97. The van der Waals surface area contributed by atoms with Gasteiger partial charge in [0, 0.05) is 13.1 Å². The molecule has 3 heteroatoms. The number of nitrogens with one attached hydrogen (secondary N) is 2. The van der Waals surface area contributed by atoms with E-state index in [-0.39, 0.29) is 0 Å². The molecule has 1 rings (SSSR count). The summed E-state index contributed by atoms with van der Waals surface area (Å²) in [5, 5.41) is 7.29. The maximum atomic E-state index is 5.14. The van der Waals surface area contributed by atoms with Gasteiger partial charge in [-0.25, -0.2) is 0 Å². The number of rotatable bonds is 4. The highest BCUT2D eigenvalue weighted by Gasteiger charge is 2.16. The Morgan fingerprint density at radius 1 is 1.38 bits per heavy atom. The van der Waals surface area contributed by atoms with E-state index in [1.165, 1.54) is 19.3 Å². The summed E-state index contributed by atoms with van der Waals surface area (Å²) in [7, 11) is 0. The molecule has 0 saturated heterocycles. The Labute approximate surface area is 86.5 Å². The number of hydrogen-bond acceptors (Lipinski definition) is 1. The molecule has 1 aliphatic rings. The molecule has 1 fully saturated rings. The van der Waals surface area contributed by atoms with Gasteiger partial charge in [0.05, 0.1) is 0 Å². The van der Waals surface area contributed by atoms with E-state index in [4.69, 9.17) is 12.2 Å². The second-order valence-corrected chi connectivity index (χ2v) is 4.69. The van der Waals surface area contributed by atoms with Crippen molar-refractivity contribution in [2.24, 2.45) is 11.8 Å². The zero-order valence-electron chi connectivity index (χ0n) is 8.60. The molecule has 2 N–H and O–H groups in total. The molecular weight excluding hydrogens is 180 g/mol. The van der Waals surface area contributed by atoms with Crippen LogP contribution in [0.1, 0.15) is 33.1 Å². The smallest absolute Gasteiger partial charge is 0.166 e. The van der Waals surface area contributed by atoms with Crippen molar-refractivity contribution in [1.29, 1.82) is 0 Å². The third kappa shape index (κ3) is 4.46. The SMILES string of the molecule is CC(C)CNC(=S)NCC1CCC1. The van der Waals surface area contributed by atoms with Crippen LogP contribution in [-0.2, 0) is 0 Å². The second-order valence-electron chi connectivity index (χ2n) is 4.28. The predicted octanol–water partition coefficient (Wildman–Crippen LogP) is 1.91. The largest absolute Gasteiger partial charge is 0.362 e. The van der Waals surface area contributed by atoms with Gasteiger partial charge in [-0.3, -0.25) is 0 Å². The predicted molar refractivity (Wildman–Crippen MR) is 60.8 cm³/mol. The van der Waals surface area contributed by atoms with Gasteiger partial charge in [0.2, 0.25) is 0 Å². The van der Waals surface area contributed by atoms with Gasteiger partial charge in [0.1, 0.15) is 0 Å². The number of thiocarbonyl (C=S) groups is 1. The Kier molecular flexibility index (Phi) is 4.50. The van der Waals surface area contributed by atoms with Crippen LogP contribution in [0.4, 0.5) is 0 Å². The second kappa shape index (κ2) is 5.43. The Morgan fingerprint density at radius 3 is 2.54 bits per heavy atom. The van der Waals surface area contributed by atoms with E-state index >= 15 is 0 Å². The quantitative estimate of drug-likeness (QED) is 0.678. The monoisotopic (exact) mass is 200 g/mol. The van der Waals surface area contributed by atoms with Crippen molar-refractivity contribution >= 4 is 17.3 Å². The van der Waals surface area contributed by atoms with Crippen molar-refractivity contribution in [1.82, 2.24) is 10.6 Å². The lowest BCUT2D eigenvalue weighted by Gasteiger charge is -2.26. The standard InChI is InChI=1S/C10H20N2S/c1-8(2)6-11-10(13)12-7-9-4-3-5-9/h8-9H,3-7H2,1-2H3,(H2,11,12,13). The maximum Gasteiger partial charge on any atom is 0.166 e. The topological polar surface area (TPSA) is 24.1 Å². The Bertz CT molecular complexity index is 164. The van der Waals surface area contributed by atoms with E-state index in [0.717, 1.165) is 24.1 Å². The molecule has 0 bridgehead atoms. The van der Waals surface area contributed by atoms with Crippen LogP contribution in [-0.4, -0.2) is 18.2 Å². The normalized spacial score (nSPS) is 16.8. The van der Waals surface area contributed by atoms with Crippen molar-refractivity contribution in [2.75, 3.05) is 13.1 Å². The van der Waals surface area contributed by atoms with Crippen LogP contribution in [0.2, 0.25) is 0 Å². The van der Waals surface area contributed by atoms with Gasteiger partial charge in [-0.15, -0.1) is 0 Å². The summed E-state index contributed by atoms with van der Waals surface area (Å²) in [5.74, 6) is 1.53. The molecule has 0 aliphatic heterocycles. The third-order valence-electron chi connectivity index (χ3n) is 2.45. The first-order chi connectivity index (χ1) is 6.18. The molecule has 0 unspecified atom stereocenters. The fourth-order valence-corrected chi connectivity index (χ4v) is 1.46. The van der Waals surface area contributed by atoms with Gasteiger partial charge < -0.3 is 10.6 Å². The molecule has 0 aromatic carbocycles. The molecule has 1 aliphatic carbocycles. The summed E-state index contributed by atoms with van der Waals surface area (Å²) in [6.07, 6.45) is 4.15. The van der Waals surface area contributed by atoms with E-state index in [0.29, 0.717) is 5.92 Å². The van der Waals surface area contributed by atoms with E-state index < -0.39 is 0 Å². The zero-order valence-corrected chi connectivity index (χ0v) is 9.41. The highest BCUT2D eigenvalue weighted by Crippen LogP contribution is 2.24. The highest BCUT2D eigenvalue weighted by molar-refractivity contribution is 7.80. The Morgan fingerprint density at radius 2 is 2.08 bits per heavy atom. The molecule has 0 aromatic heterocycles. The molecule has 0 heterocycles. The average Bonchev–Trinajstić information content (AvgIpc) is 1.98. The average molecular weight is 200 g/mol. The molecule has 0 spiro atoms. The van der Waals surface area contributed by atoms with Gasteiger partial charge in [-0.2, -0.15) is 0 Å². The van der Waals surface area contributed by atoms with Gasteiger partial charge >= 0.3 is 0 Å². The van der Waals surface area contributed by atoms with Crippen molar-refractivity contribution in [3.63, 3.8) is 0 Å². The molecule has 0 aromatic rings. The minimum atomic E-state index is 0.656. The van der Waals surface area contributed by atoms with Gasteiger partial charge in [-0.1, -0.05) is 20.3 Å². The molecule has 0 radical (unpaired) electrons. The first-order valence-electron chi connectivity index (χ1n) is 5.20. The van der Waals surface area contributed by atoms with E-state index in [1.807, 2.05) is 0 Å². The van der Waals surface area contributed by atoms with Crippen LogP contribution >= 0.6 is 12.2 Å². The van der Waals surface area contributed by atoms with Gasteiger partial charge in [0.25, 0.3) is 0 Å². The summed E-state index contributed by atoms with van der Waals surface area (Å²) in [6.45, 7) is 6.39. The molecule has 0 amide bonds. The molecule has 1 saturated carbocycles. The molecule has 2 nitrogen and oxygen atoms in total. The molecule has 76 valence electrons. The number of hydrogen-bond donors (Lipinski definition) is 2. The highest BCUT2D eigenvalue weighted by atomic mass is 32.1. The molecule has 13 heavy (non-hydrogen) atoms. The summed E-state index contributed by atoms with van der Waals surface area (Å²) in [5.41, 5.74) is 0. The maximum absolute atomic E-state index is 5.14. The lowest BCUT2D eigenvalue weighted by atomic mass is 9.85. The van der Waals surface area contributed by atoms with Crippen molar-refractivity contribution in [3.05, 3.63) is 0 Å². The minimum Gasteiger partial charge on any atom is -0.362 e. The van der Waals surface area contributed by atoms with E-state index in [1.54, 1.807) is 0 Å². The van der Waals surface area contributed by atoms with Crippen molar-refractivity contribution < 1.29 is 0 Å². The van der Waals surface area contributed by atoms with Gasteiger partial charge in [0.15, 0.2) is 5.11 Å².